The van der Waals surface area contributed by atoms with Gasteiger partial charge in [-0.2, -0.15) is 0 Å². The summed E-state index contributed by atoms with van der Waals surface area (Å²) in [7, 11) is -0.617. The third-order valence-electron chi connectivity index (χ3n) is 5.38. The fourth-order valence-corrected chi connectivity index (χ4v) is 3.01. The molecular weight excluding hydrogens is 409 g/mol. The van der Waals surface area contributed by atoms with Crippen molar-refractivity contribution in [1.29, 1.82) is 0 Å². The molecular formula is C24H36BNO6. The third kappa shape index (κ3) is 7.38. The summed E-state index contributed by atoms with van der Waals surface area (Å²) in [6, 6.07) is 7.58. The Morgan fingerprint density at radius 2 is 1.62 bits per heavy atom. The Labute approximate surface area is 192 Å². The van der Waals surface area contributed by atoms with E-state index in [0.717, 1.165) is 16.6 Å². The van der Waals surface area contributed by atoms with Crippen LogP contribution in [0.3, 0.4) is 0 Å². The van der Waals surface area contributed by atoms with Gasteiger partial charge >= 0.3 is 19.2 Å². The maximum Gasteiger partial charge on any atom is 0.492 e. The van der Waals surface area contributed by atoms with E-state index in [2.05, 4.69) is 5.32 Å². The lowest BCUT2D eigenvalue weighted by Crippen LogP contribution is -2.41. The van der Waals surface area contributed by atoms with Gasteiger partial charge < -0.3 is 24.1 Å². The van der Waals surface area contributed by atoms with Gasteiger partial charge in [0, 0.05) is 6.54 Å². The Hall–Kier alpha value is -2.32. The zero-order valence-corrected chi connectivity index (χ0v) is 20.5. The summed E-state index contributed by atoms with van der Waals surface area (Å²) in [4.78, 5) is 23.9. The number of rotatable bonds is 7. The van der Waals surface area contributed by atoms with Crippen LogP contribution in [0.25, 0.3) is 6.08 Å². The molecule has 0 spiro atoms. The van der Waals surface area contributed by atoms with Gasteiger partial charge in [0.15, 0.2) is 0 Å². The molecule has 7 nitrogen and oxygen atoms in total. The quantitative estimate of drug-likeness (QED) is 0.497. The van der Waals surface area contributed by atoms with E-state index in [0.29, 0.717) is 6.61 Å². The number of carbonyl (C=O) groups excluding carboxylic acids is 2. The minimum atomic E-state index is -0.617. The van der Waals surface area contributed by atoms with Gasteiger partial charge in [-0.05, 0) is 72.0 Å². The average Bonchev–Trinajstić information content (AvgIpc) is 2.86. The SMILES string of the molecule is CCOC(=O)Cc1ccc(C=C(CNC(=O)OC(C)(C)C)B2OC(C)(C)C(C)(C)O2)cc1. The van der Waals surface area contributed by atoms with Crippen molar-refractivity contribution in [2.75, 3.05) is 13.2 Å². The zero-order chi connectivity index (χ0) is 24.2. The van der Waals surface area contributed by atoms with Crippen molar-refractivity contribution in [3.63, 3.8) is 0 Å². The molecule has 0 saturated carbocycles. The molecule has 1 aliphatic rings. The first-order chi connectivity index (χ1) is 14.7. The predicted octanol–water partition coefficient (Wildman–Crippen LogP) is 4.33. The Bertz CT molecular complexity index is 823. The molecule has 0 aliphatic carbocycles. The summed E-state index contributed by atoms with van der Waals surface area (Å²) in [5, 5.41) is 2.79. The van der Waals surface area contributed by atoms with Crippen molar-refractivity contribution < 1.29 is 28.4 Å². The van der Waals surface area contributed by atoms with E-state index >= 15 is 0 Å². The summed E-state index contributed by atoms with van der Waals surface area (Å²) in [5.41, 5.74) is 0.913. The highest BCUT2D eigenvalue weighted by Gasteiger charge is 2.52. The highest BCUT2D eigenvalue weighted by molar-refractivity contribution is 6.56. The Balaban J connectivity index is 2.21. The molecule has 1 aromatic rings. The molecule has 1 fully saturated rings. The van der Waals surface area contributed by atoms with Gasteiger partial charge in [-0.1, -0.05) is 30.3 Å². The molecule has 1 N–H and O–H groups in total. The van der Waals surface area contributed by atoms with E-state index in [-0.39, 0.29) is 18.9 Å². The lowest BCUT2D eigenvalue weighted by atomic mass is 9.77. The molecule has 0 radical (unpaired) electrons. The van der Waals surface area contributed by atoms with Crippen LogP contribution in [-0.4, -0.2) is 49.1 Å². The summed E-state index contributed by atoms with van der Waals surface area (Å²) in [6.07, 6.45) is 1.64. The van der Waals surface area contributed by atoms with E-state index < -0.39 is 30.0 Å². The maximum absolute atomic E-state index is 12.2. The van der Waals surface area contributed by atoms with Crippen LogP contribution >= 0.6 is 0 Å². The van der Waals surface area contributed by atoms with Crippen LogP contribution in [0, 0.1) is 0 Å². The lowest BCUT2D eigenvalue weighted by Gasteiger charge is -2.32. The first kappa shape index (κ1) is 25.9. The number of alkyl carbamates (subject to hydrolysis) is 1. The zero-order valence-electron chi connectivity index (χ0n) is 20.5. The molecule has 2 rings (SSSR count). The van der Waals surface area contributed by atoms with Crippen LogP contribution in [0.4, 0.5) is 4.79 Å². The second-order valence-corrected chi connectivity index (χ2v) is 9.89. The average molecular weight is 445 g/mol. The summed E-state index contributed by atoms with van der Waals surface area (Å²) < 4.78 is 22.7. The molecule has 1 aliphatic heterocycles. The van der Waals surface area contributed by atoms with Gasteiger partial charge in [0.2, 0.25) is 0 Å². The molecule has 8 heteroatoms. The molecule has 1 saturated heterocycles. The van der Waals surface area contributed by atoms with Crippen LogP contribution in [0.2, 0.25) is 0 Å². The van der Waals surface area contributed by atoms with Crippen molar-refractivity contribution in [3.05, 3.63) is 40.9 Å². The van der Waals surface area contributed by atoms with Crippen molar-refractivity contribution in [2.45, 2.75) is 78.6 Å². The first-order valence-corrected chi connectivity index (χ1v) is 11.0. The Morgan fingerprint density at radius 1 is 1.06 bits per heavy atom. The van der Waals surface area contributed by atoms with E-state index in [1.54, 1.807) is 6.92 Å². The Kier molecular flexibility index (Phi) is 8.18. The lowest BCUT2D eigenvalue weighted by molar-refractivity contribution is -0.142. The van der Waals surface area contributed by atoms with E-state index in [1.807, 2.05) is 78.8 Å². The van der Waals surface area contributed by atoms with Crippen molar-refractivity contribution in [2.24, 2.45) is 0 Å². The second kappa shape index (κ2) is 10.1. The molecule has 0 unspecified atom stereocenters. The van der Waals surface area contributed by atoms with Gasteiger partial charge in [-0.25, -0.2) is 4.79 Å². The van der Waals surface area contributed by atoms with E-state index in [9.17, 15) is 9.59 Å². The molecule has 1 heterocycles. The fourth-order valence-electron chi connectivity index (χ4n) is 3.01. The largest absolute Gasteiger partial charge is 0.492 e. The van der Waals surface area contributed by atoms with Crippen LogP contribution in [0.15, 0.2) is 29.7 Å². The number of benzene rings is 1. The molecule has 32 heavy (non-hydrogen) atoms. The van der Waals surface area contributed by atoms with Crippen LogP contribution in [0.5, 0.6) is 0 Å². The summed E-state index contributed by atoms with van der Waals surface area (Å²) in [5.74, 6) is -0.254. The van der Waals surface area contributed by atoms with Gasteiger partial charge in [-0.3, -0.25) is 4.79 Å². The number of esters is 1. The van der Waals surface area contributed by atoms with Crippen molar-refractivity contribution >= 4 is 25.3 Å². The minimum Gasteiger partial charge on any atom is -0.466 e. The summed E-state index contributed by atoms with van der Waals surface area (Å²) in [6.45, 7) is 15.7. The standard InChI is InChI=1S/C24H36BNO6/c1-9-29-20(27)15-18-12-10-17(11-13-18)14-19(16-26-21(28)30-22(2,3)4)25-31-23(5,6)24(7,8)32-25/h10-14H,9,15-16H2,1-8H3,(H,26,28). The maximum atomic E-state index is 12.2. The van der Waals surface area contributed by atoms with Crippen LogP contribution in [0.1, 0.15) is 66.5 Å². The van der Waals surface area contributed by atoms with Crippen molar-refractivity contribution in [1.82, 2.24) is 5.32 Å². The number of ether oxygens (including phenoxy) is 2. The minimum absolute atomic E-state index is 0.205. The fraction of sp³-hybridized carbons (Fsp3) is 0.583. The first-order valence-electron chi connectivity index (χ1n) is 11.0. The highest BCUT2D eigenvalue weighted by Crippen LogP contribution is 2.38. The normalized spacial score (nSPS) is 17.8. The molecule has 0 aromatic heterocycles. The topological polar surface area (TPSA) is 83.1 Å². The second-order valence-electron chi connectivity index (χ2n) is 9.89. The molecule has 176 valence electrons. The number of amides is 1. The van der Waals surface area contributed by atoms with Crippen molar-refractivity contribution in [3.8, 4) is 0 Å². The molecule has 1 amide bonds. The van der Waals surface area contributed by atoms with Crippen LogP contribution < -0.4 is 5.32 Å². The van der Waals surface area contributed by atoms with Gasteiger partial charge in [0.25, 0.3) is 0 Å². The highest BCUT2D eigenvalue weighted by atomic mass is 16.7. The molecule has 1 aromatic carbocycles. The summed E-state index contributed by atoms with van der Waals surface area (Å²) >= 11 is 0. The number of hydrogen-bond donors (Lipinski definition) is 1. The van der Waals surface area contributed by atoms with Gasteiger partial charge in [0.1, 0.15) is 5.60 Å². The van der Waals surface area contributed by atoms with Gasteiger partial charge in [-0.15, -0.1) is 0 Å². The van der Waals surface area contributed by atoms with E-state index in [1.165, 1.54) is 0 Å². The number of nitrogens with one attached hydrogen (secondary N) is 1. The Morgan fingerprint density at radius 3 is 2.12 bits per heavy atom. The third-order valence-corrected chi connectivity index (χ3v) is 5.38. The monoisotopic (exact) mass is 445 g/mol. The smallest absolute Gasteiger partial charge is 0.466 e. The molecule has 0 bridgehead atoms. The number of hydrogen-bond acceptors (Lipinski definition) is 6. The van der Waals surface area contributed by atoms with E-state index in [4.69, 9.17) is 18.8 Å². The predicted molar refractivity (Wildman–Crippen MR) is 125 cm³/mol. The number of carbonyl (C=O) groups is 2. The van der Waals surface area contributed by atoms with Gasteiger partial charge in [0.05, 0.1) is 24.2 Å². The van der Waals surface area contributed by atoms with Crippen LogP contribution in [-0.2, 0) is 30.0 Å². The molecule has 0 atom stereocenters.